The molecule has 0 radical (unpaired) electrons. The average molecular weight is 353 g/mol. The molecule has 0 N–H and O–H groups in total. The van der Waals surface area contributed by atoms with Crippen LogP contribution in [-0.2, 0) is 28.7 Å². The van der Waals surface area contributed by atoms with Crippen LogP contribution in [0.2, 0.25) is 0 Å². The van der Waals surface area contributed by atoms with Gasteiger partial charge in [0.15, 0.2) is 0 Å². The van der Waals surface area contributed by atoms with Crippen LogP contribution in [-0.4, -0.2) is 32.7 Å². The summed E-state index contributed by atoms with van der Waals surface area (Å²) in [5.74, 6) is -2.55. The van der Waals surface area contributed by atoms with Crippen molar-refractivity contribution in [3.05, 3.63) is 0 Å². The van der Waals surface area contributed by atoms with Gasteiger partial charge < -0.3 is 0 Å². The van der Waals surface area contributed by atoms with Crippen molar-refractivity contribution in [2.75, 3.05) is 8.86 Å². The Labute approximate surface area is 107 Å². The van der Waals surface area contributed by atoms with Gasteiger partial charge in [-0.25, -0.2) is 0 Å². The number of carbonyl (C=O) groups excluding carboxylic acids is 4. The van der Waals surface area contributed by atoms with Gasteiger partial charge in [-0.1, -0.05) is 0 Å². The molecular formula is C10H10IO6-. The second kappa shape index (κ2) is 5.11. The number of ether oxygens (including phenoxy) is 2. The second-order valence-corrected chi connectivity index (χ2v) is 6.73. The molecule has 17 heavy (non-hydrogen) atoms. The summed E-state index contributed by atoms with van der Waals surface area (Å²) in [4.78, 5) is 44.0. The van der Waals surface area contributed by atoms with Crippen molar-refractivity contribution in [2.45, 2.75) is 12.8 Å². The molecule has 0 aromatic carbocycles. The number of alkyl halides is 2. The standard InChI is InChI=1S/C10H10IO6/c12-7-1-5(9(14)16-7)3-11-4-6-2-8(13)17-10(6)15/h5-6H,1-4H2/q-1. The fraction of sp³-hybridized carbons (Fsp3) is 0.600. The normalized spacial score (nSPS) is 28.7. The molecule has 0 amide bonds. The molecule has 0 aromatic rings. The van der Waals surface area contributed by atoms with E-state index in [1.807, 2.05) is 0 Å². The molecule has 6 nitrogen and oxygen atoms in total. The monoisotopic (exact) mass is 353 g/mol. The van der Waals surface area contributed by atoms with Gasteiger partial charge >= 0.3 is 107 Å². The molecule has 2 aliphatic heterocycles. The van der Waals surface area contributed by atoms with Gasteiger partial charge in [0.1, 0.15) is 0 Å². The molecule has 7 heteroatoms. The molecule has 94 valence electrons. The first kappa shape index (κ1) is 12.5. The van der Waals surface area contributed by atoms with Crippen molar-refractivity contribution >= 4 is 23.9 Å². The Kier molecular flexibility index (Phi) is 3.75. The van der Waals surface area contributed by atoms with Gasteiger partial charge in [-0.05, 0) is 0 Å². The Morgan fingerprint density at radius 1 is 0.882 bits per heavy atom. The van der Waals surface area contributed by atoms with Crippen molar-refractivity contribution in [2.24, 2.45) is 11.8 Å². The van der Waals surface area contributed by atoms with Crippen molar-refractivity contribution in [3.8, 4) is 0 Å². The zero-order chi connectivity index (χ0) is 12.4. The number of rotatable bonds is 4. The Morgan fingerprint density at radius 3 is 1.59 bits per heavy atom. The summed E-state index contributed by atoms with van der Waals surface area (Å²) in [7, 11) is 0. The molecule has 0 spiro atoms. The van der Waals surface area contributed by atoms with Gasteiger partial charge in [-0.2, -0.15) is 0 Å². The Hall–Kier alpha value is -0.990. The molecule has 2 saturated heterocycles. The van der Waals surface area contributed by atoms with E-state index in [1.54, 1.807) is 0 Å². The zero-order valence-electron chi connectivity index (χ0n) is 8.81. The van der Waals surface area contributed by atoms with Gasteiger partial charge in [-0.15, -0.1) is 0 Å². The molecule has 2 fully saturated rings. The molecule has 2 aliphatic rings. The molecule has 0 aromatic heterocycles. The van der Waals surface area contributed by atoms with E-state index in [0.717, 1.165) is 0 Å². The van der Waals surface area contributed by atoms with E-state index < -0.39 is 45.1 Å². The Bertz CT molecular complexity index is 354. The topological polar surface area (TPSA) is 86.7 Å². The zero-order valence-corrected chi connectivity index (χ0v) is 11.0. The van der Waals surface area contributed by atoms with Crippen LogP contribution >= 0.6 is 0 Å². The van der Waals surface area contributed by atoms with Gasteiger partial charge in [0, 0.05) is 0 Å². The fourth-order valence-electron chi connectivity index (χ4n) is 1.60. The minimum atomic E-state index is -0.473. The van der Waals surface area contributed by atoms with Crippen LogP contribution < -0.4 is 21.2 Å². The van der Waals surface area contributed by atoms with Crippen molar-refractivity contribution in [3.63, 3.8) is 0 Å². The Balaban J connectivity index is 1.73. The van der Waals surface area contributed by atoms with Crippen LogP contribution in [0.1, 0.15) is 12.8 Å². The molecule has 2 atom stereocenters. The van der Waals surface area contributed by atoms with Gasteiger partial charge in [0.2, 0.25) is 0 Å². The van der Waals surface area contributed by atoms with Crippen molar-refractivity contribution < 1.29 is 49.9 Å². The third kappa shape index (κ3) is 3.02. The minimum absolute atomic E-state index is 0.145. The van der Waals surface area contributed by atoms with Crippen LogP contribution in [0.25, 0.3) is 0 Å². The molecule has 2 rings (SSSR count). The summed E-state index contributed by atoms with van der Waals surface area (Å²) in [5.41, 5.74) is 0. The molecule has 0 aliphatic carbocycles. The average Bonchev–Trinajstić information content (AvgIpc) is 2.71. The number of carbonyl (C=O) groups is 4. The van der Waals surface area contributed by atoms with E-state index in [1.165, 1.54) is 0 Å². The summed E-state index contributed by atoms with van der Waals surface area (Å²) >= 11 is -0.401. The first-order valence-electron chi connectivity index (χ1n) is 5.08. The van der Waals surface area contributed by atoms with Crippen molar-refractivity contribution in [1.29, 1.82) is 0 Å². The van der Waals surface area contributed by atoms with Crippen LogP contribution in [0.3, 0.4) is 0 Å². The predicted octanol–water partition coefficient (Wildman–Crippen LogP) is -3.75. The van der Waals surface area contributed by atoms with Gasteiger partial charge in [0.25, 0.3) is 0 Å². The number of hydrogen-bond donors (Lipinski definition) is 0. The Morgan fingerprint density at radius 2 is 1.29 bits per heavy atom. The van der Waals surface area contributed by atoms with E-state index >= 15 is 0 Å². The predicted molar refractivity (Wildman–Crippen MR) is 48.1 cm³/mol. The maximum absolute atomic E-state index is 11.2. The van der Waals surface area contributed by atoms with E-state index in [0.29, 0.717) is 8.86 Å². The molecular weight excluding hydrogens is 343 g/mol. The first-order chi connectivity index (χ1) is 8.06. The third-order valence-corrected chi connectivity index (χ3v) is 5.88. The molecule has 0 bridgehead atoms. The summed E-state index contributed by atoms with van der Waals surface area (Å²) < 4.78 is 10.1. The van der Waals surface area contributed by atoms with Crippen molar-refractivity contribution in [1.82, 2.24) is 0 Å². The quantitative estimate of drug-likeness (QED) is 0.224. The summed E-state index contributed by atoms with van der Waals surface area (Å²) in [5, 5.41) is 0. The van der Waals surface area contributed by atoms with E-state index in [9.17, 15) is 19.2 Å². The summed E-state index contributed by atoms with van der Waals surface area (Å²) in [6.45, 7) is 0. The van der Waals surface area contributed by atoms with Gasteiger partial charge in [-0.3, -0.25) is 0 Å². The first-order valence-corrected chi connectivity index (χ1v) is 8.14. The second-order valence-electron chi connectivity index (χ2n) is 3.89. The maximum atomic E-state index is 11.2. The summed E-state index contributed by atoms with van der Waals surface area (Å²) in [6.07, 6.45) is 0.291. The van der Waals surface area contributed by atoms with E-state index in [2.05, 4.69) is 9.47 Å². The molecule has 0 saturated carbocycles. The number of hydrogen-bond acceptors (Lipinski definition) is 6. The number of halogens is 1. The number of cyclic esters (lactones) is 4. The van der Waals surface area contributed by atoms with E-state index in [-0.39, 0.29) is 24.7 Å². The fourth-order valence-corrected chi connectivity index (χ4v) is 4.81. The SMILES string of the molecule is O=C1CC(C[I-]CC2CC(=O)OC2=O)C(=O)O1. The molecule has 2 heterocycles. The van der Waals surface area contributed by atoms with Crippen LogP contribution in [0, 0.1) is 11.8 Å². The van der Waals surface area contributed by atoms with Gasteiger partial charge in [0.05, 0.1) is 0 Å². The summed E-state index contributed by atoms with van der Waals surface area (Å²) in [6, 6.07) is 0. The van der Waals surface area contributed by atoms with Crippen LogP contribution in [0.5, 0.6) is 0 Å². The van der Waals surface area contributed by atoms with Crippen LogP contribution in [0.4, 0.5) is 0 Å². The third-order valence-electron chi connectivity index (χ3n) is 2.51. The van der Waals surface area contributed by atoms with E-state index in [4.69, 9.17) is 0 Å². The molecule has 2 unspecified atom stereocenters. The number of esters is 4. The van der Waals surface area contributed by atoms with Crippen LogP contribution in [0.15, 0.2) is 0 Å².